The molecular weight excluding hydrogens is 331 g/mol. The summed E-state index contributed by atoms with van der Waals surface area (Å²) < 4.78 is 18.3. The molecule has 2 N–H and O–H groups in total. The number of hydrogen-bond donors (Lipinski definition) is 1. The predicted octanol–water partition coefficient (Wildman–Crippen LogP) is 1.95. The van der Waals surface area contributed by atoms with Crippen molar-refractivity contribution in [2.75, 3.05) is 19.4 Å². The summed E-state index contributed by atoms with van der Waals surface area (Å²) in [4.78, 5) is 25.6. The fourth-order valence-electron chi connectivity index (χ4n) is 2.28. The Morgan fingerprint density at radius 1 is 1.50 bits per heavy atom. The minimum Gasteiger partial charge on any atom is -0.467 e. The van der Waals surface area contributed by atoms with Crippen molar-refractivity contribution in [2.24, 2.45) is 0 Å². The highest BCUT2D eigenvalue weighted by molar-refractivity contribution is 9.10. The van der Waals surface area contributed by atoms with E-state index in [1.807, 2.05) is 0 Å². The summed E-state index contributed by atoms with van der Waals surface area (Å²) in [6.45, 7) is 0.461. The van der Waals surface area contributed by atoms with Gasteiger partial charge in [-0.3, -0.25) is 4.79 Å². The summed E-state index contributed by atoms with van der Waals surface area (Å²) in [6, 6.07) is 1.82. The summed E-state index contributed by atoms with van der Waals surface area (Å²) in [5.41, 5.74) is 5.62. The molecule has 2 rings (SSSR count). The van der Waals surface area contributed by atoms with Crippen LogP contribution >= 0.6 is 15.9 Å². The average Bonchev–Trinajstić information content (AvgIpc) is 2.90. The number of carbonyl (C=O) groups is 2. The minimum absolute atomic E-state index is 0.106. The van der Waals surface area contributed by atoms with Gasteiger partial charge in [-0.15, -0.1) is 0 Å². The number of amides is 1. The summed E-state index contributed by atoms with van der Waals surface area (Å²) in [6.07, 6.45) is 1.28. The second-order valence-corrected chi connectivity index (χ2v) is 5.39. The van der Waals surface area contributed by atoms with Crippen molar-refractivity contribution in [1.82, 2.24) is 4.90 Å². The van der Waals surface area contributed by atoms with E-state index in [0.29, 0.717) is 17.4 Å². The Balaban J connectivity index is 2.31. The molecule has 20 heavy (non-hydrogen) atoms. The largest absolute Gasteiger partial charge is 0.467 e. The van der Waals surface area contributed by atoms with E-state index in [0.717, 1.165) is 12.5 Å². The molecule has 1 fully saturated rings. The number of anilines is 1. The zero-order valence-electron chi connectivity index (χ0n) is 10.9. The Kier molecular flexibility index (Phi) is 4.27. The number of benzene rings is 1. The maximum atomic E-state index is 13.3. The molecule has 1 aliphatic rings. The van der Waals surface area contributed by atoms with Gasteiger partial charge in [-0.2, -0.15) is 0 Å². The van der Waals surface area contributed by atoms with Crippen molar-refractivity contribution in [1.29, 1.82) is 0 Å². The van der Waals surface area contributed by atoms with Gasteiger partial charge in [-0.25, -0.2) is 9.18 Å². The highest BCUT2D eigenvalue weighted by Gasteiger charge is 2.36. The molecule has 1 atom stereocenters. The molecule has 1 unspecified atom stereocenters. The van der Waals surface area contributed by atoms with Gasteiger partial charge in [0.1, 0.15) is 11.9 Å². The first-order valence-electron chi connectivity index (χ1n) is 6.09. The highest BCUT2D eigenvalue weighted by Crippen LogP contribution is 2.27. The number of methoxy groups -OCH3 is 1. The van der Waals surface area contributed by atoms with Gasteiger partial charge >= 0.3 is 5.97 Å². The SMILES string of the molecule is COC(=O)C1CCCN1C(=O)c1cc(N)c(F)cc1Br. The van der Waals surface area contributed by atoms with E-state index in [2.05, 4.69) is 15.9 Å². The second-order valence-electron chi connectivity index (χ2n) is 4.53. The Bertz CT molecular complexity index is 565. The molecule has 0 radical (unpaired) electrons. The van der Waals surface area contributed by atoms with Gasteiger partial charge < -0.3 is 15.4 Å². The smallest absolute Gasteiger partial charge is 0.328 e. The maximum Gasteiger partial charge on any atom is 0.328 e. The van der Waals surface area contributed by atoms with Gasteiger partial charge in [0, 0.05) is 11.0 Å². The van der Waals surface area contributed by atoms with Crippen LogP contribution < -0.4 is 5.73 Å². The fourth-order valence-corrected chi connectivity index (χ4v) is 2.76. The van der Waals surface area contributed by atoms with Crippen molar-refractivity contribution >= 4 is 33.5 Å². The van der Waals surface area contributed by atoms with E-state index in [4.69, 9.17) is 10.5 Å². The average molecular weight is 345 g/mol. The van der Waals surface area contributed by atoms with Gasteiger partial charge in [0.15, 0.2) is 0 Å². The molecule has 0 saturated carbocycles. The molecule has 1 amide bonds. The second kappa shape index (κ2) is 5.78. The third kappa shape index (κ3) is 2.63. The van der Waals surface area contributed by atoms with Crippen LogP contribution in [0.25, 0.3) is 0 Å². The molecule has 0 aliphatic carbocycles. The lowest BCUT2D eigenvalue weighted by atomic mass is 10.1. The zero-order valence-corrected chi connectivity index (χ0v) is 12.4. The Labute approximate surface area is 124 Å². The third-order valence-corrected chi connectivity index (χ3v) is 3.96. The molecule has 0 bridgehead atoms. The first kappa shape index (κ1) is 14.8. The highest BCUT2D eigenvalue weighted by atomic mass is 79.9. The number of nitrogen functional groups attached to an aromatic ring is 1. The number of halogens is 2. The lowest BCUT2D eigenvalue weighted by Gasteiger charge is -2.23. The molecule has 1 aliphatic heterocycles. The molecule has 0 spiro atoms. The maximum absolute atomic E-state index is 13.3. The van der Waals surface area contributed by atoms with Gasteiger partial charge in [-0.05, 0) is 40.9 Å². The topological polar surface area (TPSA) is 72.6 Å². The first-order valence-corrected chi connectivity index (χ1v) is 6.88. The van der Waals surface area contributed by atoms with E-state index in [9.17, 15) is 14.0 Å². The Morgan fingerprint density at radius 2 is 2.20 bits per heavy atom. The molecule has 1 saturated heterocycles. The molecule has 1 aromatic rings. The lowest BCUT2D eigenvalue weighted by molar-refractivity contribution is -0.145. The van der Waals surface area contributed by atoms with Crippen LogP contribution in [0.15, 0.2) is 16.6 Å². The van der Waals surface area contributed by atoms with E-state index in [-0.39, 0.29) is 17.2 Å². The van der Waals surface area contributed by atoms with E-state index >= 15 is 0 Å². The Morgan fingerprint density at radius 3 is 2.85 bits per heavy atom. The Hall–Kier alpha value is -1.63. The van der Waals surface area contributed by atoms with E-state index in [1.54, 1.807) is 0 Å². The molecule has 108 valence electrons. The minimum atomic E-state index is -0.598. The number of likely N-dealkylation sites (tertiary alicyclic amines) is 1. The lowest BCUT2D eigenvalue weighted by Crippen LogP contribution is -2.41. The molecule has 5 nitrogen and oxygen atoms in total. The molecule has 1 aromatic carbocycles. The molecule has 0 aromatic heterocycles. The monoisotopic (exact) mass is 344 g/mol. The van der Waals surface area contributed by atoms with Crippen LogP contribution in [0.1, 0.15) is 23.2 Å². The summed E-state index contributed by atoms with van der Waals surface area (Å²) in [5.74, 6) is -1.40. The number of ether oxygens (including phenoxy) is 1. The summed E-state index contributed by atoms with van der Waals surface area (Å²) in [5, 5.41) is 0. The normalized spacial score (nSPS) is 18.1. The van der Waals surface area contributed by atoms with E-state index in [1.165, 1.54) is 18.1 Å². The predicted molar refractivity (Wildman–Crippen MR) is 74.6 cm³/mol. The quantitative estimate of drug-likeness (QED) is 0.657. The summed E-state index contributed by atoms with van der Waals surface area (Å²) in [7, 11) is 1.29. The van der Waals surface area contributed by atoms with Crippen molar-refractivity contribution in [3.8, 4) is 0 Å². The zero-order chi connectivity index (χ0) is 14.9. The van der Waals surface area contributed by atoms with Crippen LogP contribution in [0.4, 0.5) is 10.1 Å². The molecular formula is C13H14BrFN2O3. The van der Waals surface area contributed by atoms with Gasteiger partial charge in [-0.1, -0.05) is 0 Å². The standard InChI is InChI=1S/C13H14BrFN2O3/c1-20-13(19)11-3-2-4-17(11)12(18)7-5-10(16)9(15)6-8(7)14/h5-6,11H,2-4,16H2,1H3. The number of nitrogens with two attached hydrogens (primary N) is 1. The molecule has 7 heteroatoms. The number of carbonyl (C=O) groups excluding carboxylic acids is 2. The van der Waals surface area contributed by atoms with Crippen LogP contribution in [-0.4, -0.2) is 36.5 Å². The fraction of sp³-hybridized carbons (Fsp3) is 0.385. The van der Waals surface area contributed by atoms with Crippen molar-refractivity contribution in [3.05, 3.63) is 28.0 Å². The van der Waals surface area contributed by atoms with E-state index < -0.39 is 17.8 Å². The van der Waals surface area contributed by atoms with Crippen LogP contribution in [0.5, 0.6) is 0 Å². The number of hydrogen-bond acceptors (Lipinski definition) is 4. The van der Waals surface area contributed by atoms with Crippen molar-refractivity contribution in [2.45, 2.75) is 18.9 Å². The van der Waals surface area contributed by atoms with Gasteiger partial charge in [0.05, 0.1) is 18.4 Å². The van der Waals surface area contributed by atoms with Gasteiger partial charge in [0.25, 0.3) is 5.91 Å². The van der Waals surface area contributed by atoms with Crippen LogP contribution in [0.2, 0.25) is 0 Å². The summed E-state index contributed by atoms with van der Waals surface area (Å²) >= 11 is 3.14. The van der Waals surface area contributed by atoms with Crippen molar-refractivity contribution < 1.29 is 18.7 Å². The van der Waals surface area contributed by atoms with Crippen LogP contribution in [0, 0.1) is 5.82 Å². The van der Waals surface area contributed by atoms with Crippen LogP contribution in [0.3, 0.4) is 0 Å². The van der Waals surface area contributed by atoms with Gasteiger partial charge in [0.2, 0.25) is 0 Å². The number of esters is 1. The molecule has 1 heterocycles. The van der Waals surface area contributed by atoms with Crippen LogP contribution in [-0.2, 0) is 9.53 Å². The number of nitrogens with zero attached hydrogens (tertiary/aromatic N) is 1. The third-order valence-electron chi connectivity index (χ3n) is 3.30. The van der Waals surface area contributed by atoms with Crippen molar-refractivity contribution in [3.63, 3.8) is 0 Å². The number of rotatable bonds is 2. The first-order chi connectivity index (χ1) is 9.45.